The maximum Gasteiger partial charge on any atom is 0.295 e. The first-order valence-corrected chi connectivity index (χ1v) is 8.89. The van der Waals surface area contributed by atoms with Crippen molar-refractivity contribution in [2.45, 2.75) is 19.2 Å². The summed E-state index contributed by atoms with van der Waals surface area (Å²) in [5, 5.41) is 9.84. The lowest BCUT2D eigenvalue weighted by atomic mass is 10.2. The minimum absolute atomic E-state index is 0.431. The maximum atomic E-state index is 12.9. The lowest BCUT2D eigenvalue weighted by Crippen LogP contribution is -2.47. The number of aryl methyl sites for hydroxylation is 2. The normalized spacial score (nSPS) is 16.8. The van der Waals surface area contributed by atoms with Crippen molar-refractivity contribution in [3.63, 3.8) is 0 Å². The highest BCUT2D eigenvalue weighted by atomic mass is 32.2. The summed E-state index contributed by atoms with van der Waals surface area (Å²) in [6.45, 7) is 3.30. The van der Waals surface area contributed by atoms with Crippen LogP contribution in [0, 0.1) is 13.8 Å². The smallest absolute Gasteiger partial charge is 0.295 e. The molecule has 0 saturated carbocycles. The van der Waals surface area contributed by atoms with Crippen molar-refractivity contribution in [2.24, 2.45) is 0 Å². The van der Waals surface area contributed by atoms with E-state index in [-0.39, 0.29) is 0 Å². The number of carboxylic acid groups (broad SMARTS) is 1. The van der Waals surface area contributed by atoms with Crippen LogP contribution in [0.25, 0.3) is 0 Å². The molecule has 6 nitrogen and oxygen atoms in total. The number of carbonyl (C=O) groups excluding carboxylic acids is 3. The minimum atomic E-state index is -1.32. The number of aliphatic carboxylic acids is 1. The largest absolute Gasteiger partial charge is 0.548 e. The van der Waals surface area contributed by atoms with E-state index >= 15 is 0 Å². The molecule has 0 N–H and O–H groups in total. The molecule has 0 radical (unpaired) electrons. The first kappa shape index (κ1) is 18.0. The van der Waals surface area contributed by atoms with Crippen molar-refractivity contribution in [2.75, 3.05) is 16.3 Å². The summed E-state index contributed by atoms with van der Waals surface area (Å²) in [6, 6.07) is 14.2. The van der Waals surface area contributed by atoms with Crippen LogP contribution in [0.15, 0.2) is 48.5 Å². The average molecular weight is 369 g/mol. The molecule has 0 aliphatic carbocycles. The van der Waals surface area contributed by atoms with Crippen LogP contribution in [-0.4, -0.2) is 29.0 Å². The Labute approximate surface area is 155 Å². The standard InChI is InChI=1S/C19H18N2O4S/c1-12-6-8-14(9-7-12)21-17(24)18(26-19(21)25)20(11-16(22)23)15-5-3-4-13(2)10-15/h3-10,18H,11H2,1-2H3,(H,22,23)/p-1/t18-/m0/s1. The Kier molecular flexibility index (Phi) is 4.99. The summed E-state index contributed by atoms with van der Waals surface area (Å²) in [4.78, 5) is 39.1. The van der Waals surface area contributed by atoms with E-state index in [4.69, 9.17) is 0 Å². The van der Waals surface area contributed by atoms with Crippen LogP contribution >= 0.6 is 11.8 Å². The number of carboxylic acids is 1. The predicted octanol–water partition coefficient (Wildman–Crippen LogP) is 2.09. The molecule has 1 heterocycles. The summed E-state index contributed by atoms with van der Waals surface area (Å²) in [7, 11) is 0. The van der Waals surface area contributed by atoms with Crippen LogP contribution in [0.4, 0.5) is 16.2 Å². The van der Waals surface area contributed by atoms with Gasteiger partial charge in [-0.3, -0.25) is 9.59 Å². The Balaban J connectivity index is 1.95. The summed E-state index contributed by atoms with van der Waals surface area (Å²) in [5.74, 6) is -1.78. The molecule has 0 aromatic heterocycles. The fraction of sp³-hybridized carbons (Fsp3) is 0.211. The molecule has 134 valence electrons. The third-order valence-corrected chi connectivity index (χ3v) is 5.10. The van der Waals surface area contributed by atoms with Gasteiger partial charge in [0.1, 0.15) is 0 Å². The molecule has 2 amide bonds. The van der Waals surface area contributed by atoms with E-state index in [0.29, 0.717) is 11.4 Å². The van der Waals surface area contributed by atoms with E-state index in [0.717, 1.165) is 27.8 Å². The molecule has 7 heteroatoms. The summed E-state index contributed by atoms with van der Waals surface area (Å²) >= 11 is 0.804. The molecular formula is C19H17N2O4S-. The van der Waals surface area contributed by atoms with E-state index in [9.17, 15) is 19.5 Å². The Bertz CT molecular complexity index is 866. The summed E-state index contributed by atoms with van der Waals surface area (Å²) < 4.78 is 0. The molecule has 1 saturated heterocycles. The number of carbonyl (C=O) groups is 3. The van der Waals surface area contributed by atoms with Gasteiger partial charge in [0, 0.05) is 5.69 Å². The zero-order chi connectivity index (χ0) is 18.8. The van der Waals surface area contributed by atoms with Crippen LogP contribution in [0.2, 0.25) is 0 Å². The fourth-order valence-corrected chi connectivity index (χ4v) is 3.80. The molecule has 1 fully saturated rings. The van der Waals surface area contributed by atoms with Crippen LogP contribution in [0.5, 0.6) is 0 Å². The molecule has 0 bridgehead atoms. The van der Waals surface area contributed by atoms with Crippen molar-refractivity contribution >= 4 is 40.3 Å². The van der Waals surface area contributed by atoms with Gasteiger partial charge in [-0.15, -0.1) is 0 Å². The lowest BCUT2D eigenvalue weighted by molar-refractivity contribution is -0.303. The Hall–Kier alpha value is -2.80. The van der Waals surface area contributed by atoms with Crippen LogP contribution in [0.3, 0.4) is 0 Å². The van der Waals surface area contributed by atoms with Crippen LogP contribution < -0.4 is 14.9 Å². The van der Waals surface area contributed by atoms with Gasteiger partial charge >= 0.3 is 0 Å². The number of rotatable bonds is 5. The number of thioether (sulfide) groups is 1. The van der Waals surface area contributed by atoms with E-state index < -0.39 is 29.0 Å². The van der Waals surface area contributed by atoms with E-state index in [2.05, 4.69) is 0 Å². The zero-order valence-corrected chi connectivity index (χ0v) is 15.2. The first-order chi connectivity index (χ1) is 12.4. The van der Waals surface area contributed by atoms with E-state index in [1.807, 2.05) is 32.0 Å². The van der Waals surface area contributed by atoms with Gasteiger partial charge in [0.05, 0.1) is 18.2 Å². The first-order valence-electron chi connectivity index (χ1n) is 8.01. The number of hydrogen-bond donors (Lipinski definition) is 0. The third kappa shape index (κ3) is 3.57. The second-order valence-corrected chi connectivity index (χ2v) is 7.12. The predicted molar refractivity (Wildman–Crippen MR) is 99.0 cm³/mol. The quantitative estimate of drug-likeness (QED) is 0.803. The molecule has 2 aromatic carbocycles. The number of imide groups is 1. The van der Waals surface area contributed by atoms with Gasteiger partial charge < -0.3 is 14.8 Å². The highest BCUT2D eigenvalue weighted by molar-refractivity contribution is 8.16. The molecule has 1 aliphatic rings. The topological polar surface area (TPSA) is 80.8 Å². The molecule has 3 rings (SSSR count). The average Bonchev–Trinajstić information content (AvgIpc) is 2.88. The Morgan fingerprint density at radius 2 is 1.81 bits per heavy atom. The number of benzene rings is 2. The SMILES string of the molecule is Cc1ccc(N2C(=O)S[C@H](N(CC(=O)[O-])c3cccc(C)c3)C2=O)cc1. The van der Waals surface area contributed by atoms with E-state index in [1.165, 1.54) is 4.90 Å². The van der Waals surface area contributed by atoms with Crippen LogP contribution in [0.1, 0.15) is 11.1 Å². The van der Waals surface area contributed by atoms with Gasteiger partial charge in [0.25, 0.3) is 11.1 Å². The molecular weight excluding hydrogens is 352 g/mol. The van der Waals surface area contributed by atoms with Gasteiger partial charge in [-0.25, -0.2) is 4.90 Å². The Morgan fingerprint density at radius 1 is 1.12 bits per heavy atom. The van der Waals surface area contributed by atoms with Gasteiger partial charge in [0.2, 0.25) is 0 Å². The molecule has 1 aliphatic heterocycles. The van der Waals surface area contributed by atoms with Gasteiger partial charge in [-0.2, -0.15) is 0 Å². The monoisotopic (exact) mass is 369 g/mol. The number of anilines is 2. The van der Waals surface area contributed by atoms with Crippen molar-refractivity contribution < 1.29 is 19.5 Å². The highest BCUT2D eigenvalue weighted by Gasteiger charge is 2.44. The second kappa shape index (κ2) is 7.21. The molecule has 2 aromatic rings. The van der Waals surface area contributed by atoms with Crippen LogP contribution in [-0.2, 0) is 9.59 Å². The van der Waals surface area contributed by atoms with Crippen molar-refractivity contribution in [1.82, 2.24) is 0 Å². The minimum Gasteiger partial charge on any atom is -0.548 e. The number of amides is 2. The fourth-order valence-electron chi connectivity index (χ4n) is 2.78. The lowest BCUT2D eigenvalue weighted by Gasteiger charge is -2.29. The maximum absolute atomic E-state index is 12.9. The zero-order valence-electron chi connectivity index (χ0n) is 14.3. The molecule has 1 atom stereocenters. The van der Waals surface area contributed by atoms with Crippen molar-refractivity contribution in [1.29, 1.82) is 0 Å². The Morgan fingerprint density at radius 3 is 2.42 bits per heavy atom. The van der Waals surface area contributed by atoms with Crippen molar-refractivity contribution in [3.05, 3.63) is 59.7 Å². The van der Waals surface area contributed by atoms with E-state index in [1.54, 1.807) is 30.3 Å². The highest BCUT2D eigenvalue weighted by Crippen LogP contribution is 2.35. The van der Waals surface area contributed by atoms with Crippen molar-refractivity contribution in [3.8, 4) is 0 Å². The molecule has 26 heavy (non-hydrogen) atoms. The van der Waals surface area contributed by atoms with Gasteiger partial charge in [0.15, 0.2) is 5.37 Å². The third-order valence-electron chi connectivity index (χ3n) is 4.03. The molecule has 0 spiro atoms. The molecule has 0 unspecified atom stereocenters. The van der Waals surface area contributed by atoms with Gasteiger partial charge in [-0.05, 0) is 55.4 Å². The summed E-state index contributed by atoms with van der Waals surface area (Å²) in [5.41, 5.74) is 2.95. The number of nitrogens with zero attached hydrogens (tertiary/aromatic N) is 2. The number of hydrogen-bond acceptors (Lipinski definition) is 6. The van der Waals surface area contributed by atoms with Gasteiger partial charge in [-0.1, -0.05) is 29.8 Å². The second-order valence-electron chi connectivity index (χ2n) is 6.08. The summed E-state index contributed by atoms with van der Waals surface area (Å²) in [6.07, 6.45) is 0.